The largest absolute Gasteiger partial charge is 0.384 e. The van der Waals surface area contributed by atoms with Crippen LogP contribution in [0.15, 0.2) is 273 Å². The predicted octanol–water partition coefficient (Wildman–Crippen LogP) is 18.7. The van der Waals surface area contributed by atoms with Gasteiger partial charge in [0.25, 0.3) is 0 Å². The Hall–Kier alpha value is -7.38. The smallest absolute Gasteiger partial charge is 0.146 e. The number of hydrogen-bond donors (Lipinski definition) is 3. The van der Waals surface area contributed by atoms with Gasteiger partial charge in [-0.15, -0.1) is 0 Å². The van der Waals surface area contributed by atoms with Crippen LogP contribution in [0, 0.1) is 17.8 Å². The lowest BCUT2D eigenvalue weighted by atomic mass is 9.77. The van der Waals surface area contributed by atoms with E-state index in [0.29, 0.717) is 51.5 Å². The van der Waals surface area contributed by atoms with Crippen molar-refractivity contribution in [2.75, 3.05) is 87.1 Å². The summed E-state index contributed by atoms with van der Waals surface area (Å²) in [6.07, 6.45) is 16.5. The molecule has 0 aromatic heterocycles. The highest BCUT2D eigenvalue weighted by Crippen LogP contribution is 2.40. The van der Waals surface area contributed by atoms with E-state index in [1.54, 1.807) is 14.2 Å². The lowest BCUT2D eigenvalue weighted by molar-refractivity contribution is -0.107. The SMILES string of the molecule is COCC(CCCCCCNC(c1ccccc1)(c1ccccc1)c1ccccc1)COCOCC(CCCCCCNC(c1ccccc1)(c1ccccc1)c1ccccc1)COCOCC(CCCCCCNC(c1ccccc1)(c1ccccc1)c1ccccc1)COC. The van der Waals surface area contributed by atoms with E-state index >= 15 is 0 Å². The zero-order chi connectivity index (χ0) is 67.0. The Balaban J connectivity index is 0.722. The van der Waals surface area contributed by atoms with E-state index in [1.165, 1.54) is 50.1 Å². The van der Waals surface area contributed by atoms with Crippen LogP contribution in [0.5, 0.6) is 0 Å². The van der Waals surface area contributed by atoms with Crippen LogP contribution >= 0.6 is 0 Å². The molecule has 97 heavy (non-hydrogen) atoms. The van der Waals surface area contributed by atoms with E-state index in [0.717, 1.165) is 116 Å². The van der Waals surface area contributed by atoms with Gasteiger partial charge >= 0.3 is 0 Å². The molecular formula is C88H109N3O6. The van der Waals surface area contributed by atoms with Crippen molar-refractivity contribution in [2.24, 2.45) is 17.8 Å². The molecular weight excluding hydrogens is 1190 g/mol. The highest BCUT2D eigenvalue weighted by atomic mass is 16.7. The number of ether oxygens (including phenoxy) is 6. The molecule has 9 aromatic rings. The summed E-state index contributed by atoms with van der Waals surface area (Å²) in [5.41, 5.74) is 9.81. The van der Waals surface area contributed by atoms with Gasteiger partial charge < -0.3 is 28.4 Å². The van der Waals surface area contributed by atoms with Crippen LogP contribution < -0.4 is 16.0 Å². The molecule has 0 aliphatic rings. The van der Waals surface area contributed by atoms with Gasteiger partial charge in [0.05, 0.1) is 56.3 Å². The molecule has 0 bridgehead atoms. The Morgan fingerprint density at radius 3 is 0.588 bits per heavy atom. The number of benzene rings is 9. The molecule has 0 amide bonds. The fourth-order valence-corrected chi connectivity index (χ4v) is 14.3. The van der Waals surface area contributed by atoms with Gasteiger partial charge in [-0.3, -0.25) is 16.0 Å². The third kappa shape index (κ3) is 22.1. The van der Waals surface area contributed by atoms with Crippen molar-refractivity contribution in [1.29, 1.82) is 0 Å². The van der Waals surface area contributed by atoms with Gasteiger partial charge in [0.2, 0.25) is 0 Å². The molecule has 0 fully saturated rings. The minimum absolute atomic E-state index is 0.206. The third-order valence-corrected chi connectivity index (χ3v) is 19.2. The Morgan fingerprint density at radius 2 is 0.402 bits per heavy atom. The van der Waals surface area contributed by atoms with E-state index in [9.17, 15) is 0 Å². The van der Waals surface area contributed by atoms with Crippen LogP contribution in [0.2, 0.25) is 0 Å². The number of hydrogen-bond acceptors (Lipinski definition) is 9. The fourth-order valence-electron chi connectivity index (χ4n) is 14.3. The summed E-state index contributed by atoms with van der Waals surface area (Å²) < 4.78 is 36.6. The van der Waals surface area contributed by atoms with Crippen LogP contribution in [0.1, 0.15) is 146 Å². The minimum atomic E-state index is -0.467. The first kappa shape index (κ1) is 73.9. The van der Waals surface area contributed by atoms with Gasteiger partial charge in [0, 0.05) is 32.0 Å². The van der Waals surface area contributed by atoms with E-state index in [4.69, 9.17) is 28.4 Å². The average Bonchev–Trinajstić information content (AvgIpc) is 0.780. The molecule has 0 radical (unpaired) electrons. The molecule has 2 unspecified atom stereocenters. The van der Waals surface area contributed by atoms with Crippen LogP contribution in [0.25, 0.3) is 0 Å². The summed E-state index contributed by atoms with van der Waals surface area (Å²) in [5, 5.41) is 12.2. The highest BCUT2D eigenvalue weighted by Gasteiger charge is 2.38. The van der Waals surface area contributed by atoms with Crippen molar-refractivity contribution < 1.29 is 28.4 Å². The molecule has 0 saturated heterocycles. The second kappa shape index (κ2) is 42.4. The lowest BCUT2D eigenvalue weighted by Gasteiger charge is -2.37. The van der Waals surface area contributed by atoms with Gasteiger partial charge in [-0.1, -0.05) is 331 Å². The van der Waals surface area contributed by atoms with Crippen molar-refractivity contribution in [3.63, 3.8) is 0 Å². The van der Waals surface area contributed by atoms with Crippen LogP contribution in [0.3, 0.4) is 0 Å². The Morgan fingerprint density at radius 1 is 0.227 bits per heavy atom. The summed E-state index contributed by atoms with van der Waals surface area (Å²) >= 11 is 0. The average molecular weight is 1300 g/mol. The maximum atomic E-state index is 6.34. The van der Waals surface area contributed by atoms with Crippen LogP contribution in [-0.2, 0) is 45.0 Å². The molecule has 0 heterocycles. The number of methoxy groups -OCH3 is 2. The fraction of sp³-hybridized carbons (Fsp3) is 0.386. The van der Waals surface area contributed by atoms with Crippen LogP contribution in [-0.4, -0.2) is 87.1 Å². The van der Waals surface area contributed by atoms with E-state index in [-0.39, 0.29) is 19.5 Å². The number of nitrogens with one attached hydrogen (secondary N) is 3. The Labute approximate surface area is 582 Å². The van der Waals surface area contributed by atoms with Gasteiger partial charge in [0.15, 0.2) is 0 Å². The predicted molar refractivity (Wildman–Crippen MR) is 399 cm³/mol. The first-order valence-corrected chi connectivity index (χ1v) is 36.1. The Bertz CT molecular complexity index is 2960. The van der Waals surface area contributed by atoms with Gasteiger partial charge in [-0.05, 0) is 108 Å². The molecule has 9 aromatic carbocycles. The molecule has 9 nitrogen and oxygen atoms in total. The van der Waals surface area contributed by atoms with E-state index in [1.807, 2.05) is 0 Å². The zero-order valence-electron chi connectivity index (χ0n) is 58.0. The molecule has 0 aliphatic carbocycles. The van der Waals surface area contributed by atoms with Crippen molar-refractivity contribution in [1.82, 2.24) is 16.0 Å². The molecule has 0 spiro atoms. The third-order valence-electron chi connectivity index (χ3n) is 19.2. The first-order chi connectivity index (χ1) is 48.1. The van der Waals surface area contributed by atoms with Crippen molar-refractivity contribution in [3.05, 3.63) is 323 Å². The molecule has 0 saturated carbocycles. The molecule has 9 heteroatoms. The molecule has 9 rings (SSSR count). The zero-order valence-corrected chi connectivity index (χ0v) is 58.0. The highest BCUT2D eigenvalue weighted by molar-refractivity contribution is 5.52. The molecule has 0 aliphatic heterocycles. The molecule has 512 valence electrons. The lowest BCUT2D eigenvalue weighted by Crippen LogP contribution is -2.45. The second-order valence-electron chi connectivity index (χ2n) is 26.2. The van der Waals surface area contributed by atoms with Gasteiger partial charge in [0.1, 0.15) is 13.6 Å². The topological polar surface area (TPSA) is 91.5 Å². The van der Waals surface area contributed by atoms with Crippen LogP contribution in [0.4, 0.5) is 0 Å². The van der Waals surface area contributed by atoms with Gasteiger partial charge in [-0.25, -0.2) is 0 Å². The monoisotopic (exact) mass is 1300 g/mol. The number of rotatable bonds is 49. The molecule has 3 N–H and O–H groups in total. The molecule has 2 atom stereocenters. The first-order valence-electron chi connectivity index (χ1n) is 36.1. The second-order valence-corrected chi connectivity index (χ2v) is 26.2. The standard InChI is InChI=1S/C88H109N3O6/c1-92-66-74(42-18-3-6-39-63-89-86(77-45-21-9-22-46-77,78-47-23-10-24-48-78)79-49-25-11-26-50-79)68-94-72-96-70-76(44-20-5-8-41-65-91-88(83-57-33-15-34-58-83,84-59-35-16-36-60-84)85-61-37-17-38-62-85)71-97-73-95-69-75(67-93-2)43-19-4-7-40-64-90-87(80-51-27-12-28-52-80,81-53-29-13-30-54-81)82-55-31-14-32-56-82/h9-17,21-38,45-62,74-76,89-91H,3-8,18-20,39-44,63-73H2,1-2H3. The summed E-state index contributed by atoms with van der Waals surface area (Å²) in [4.78, 5) is 0. The van der Waals surface area contributed by atoms with Crippen molar-refractivity contribution in [2.45, 2.75) is 113 Å². The maximum Gasteiger partial charge on any atom is 0.146 e. The van der Waals surface area contributed by atoms with Gasteiger partial charge in [-0.2, -0.15) is 0 Å². The van der Waals surface area contributed by atoms with E-state index in [2.05, 4.69) is 289 Å². The van der Waals surface area contributed by atoms with Crippen molar-refractivity contribution in [3.8, 4) is 0 Å². The normalized spacial score (nSPS) is 12.9. The summed E-state index contributed by atoms with van der Waals surface area (Å²) in [6, 6.07) is 97.9. The number of unbranched alkanes of at least 4 members (excludes halogenated alkanes) is 9. The summed E-state index contributed by atoms with van der Waals surface area (Å²) in [5.74, 6) is 0.805. The maximum absolute atomic E-state index is 6.34. The van der Waals surface area contributed by atoms with Crippen molar-refractivity contribution >= 4 is 0 Å². The quantitative estimate of drug-likeness (QED) is 0.0196. The van der Waals surface area contributed by atoms with E-state index < -0.39 is 16.6 Å². The summed E-state index contributed by atoms with van der Waals surface area (Å²) in [6.45, 7) is 6.82. The summed E-state index contributed by atoms with van der Waals surface area (Å²) in [7, 11) is 3.58. The minimum Gasteiger partial charge on any atom is -0.384 e. The Kier molecular flexibility index (Phi) is 32.3.